The number of aromatic nitrogens is 1. The number of benzene rings is 1. The zero-order valence-electron chi connectivity index (χ0n) is 10.5. The Balaban J connectivity index is 2.39. The molecule has 0 spiro atoms. The first-order chi connectivity index (χ1) is 9.10. The largest absolute Gasteiger partial charge is 0.481 e. The highest BCUT2D eigenvalue weighted by Crippen LogP contribution is 2.21. The zero-order valence-corrected chi connectivity index (χ0v) is 10.5. The highest BCUT2D eigenvalue weighted by atomic mass is 16.4. The molecule has 0 aliphatic carbocycles. The van der Waals surface area contributed by atoms with Crippen LogP contribution in [0, 0.1) is 6.92 Å². The normalized spacial score (nSPS) is 12.1. The first-order valence-electron chi connectivity index (χ1n) is 5.89. The molecule has 0 unspecified atom stereocenters. The molecule has 5 nitrogen and oxygen atoms in total. The van der Waals surface area contributed by atoms with Gasteiger partial charge >= 0.3 is 5.97 Å². The maximum Gasteiger partial charge on any atom is 0.305 e. The predicted octanol–water partition coefficient (Wildman–Crippen LogP) is 1.81. The van der Waals surface area contributed by atoms with Gasteiger partial charge in [-0.05, 0) is 30.7 Å². The minimum Gasteiger partial charge on any atom is -0.481 e. The van der Waals surface area contributed by atoms with Crippen LogP contribution in [-0.4, -0.2) is 22.5 Å². The smallest absolute Gasteiger partial charge is 0.305 e. The number of carboxylic acids is 1. The number of hydrogen-bond donors (Lipinski definition) is 2. The Kier molecular flexibility index (Phi) is 3.75. The van der Waals surface area contributed by atoms with Crippen molar-refractivity contribution in [1.82, 2.24) is 10.3 Å². The Morgan fingerprint density at radius 3 is 2.89 bits per heavy atom. The van der Waals surface area contributed by atoms with Gasteiger partial charge in [0.2, 0.25) is 6.41 Å². The van der Waals surface area contributed by atoms with Crippen molar-refractivity contribution in [3.05, 3.63) is 41.6 Å². The molecule has 1 atom stereocenters. The number of carboxylic acid groups (broad SMARTS) is 1. The van der Waals surface area contributed by atoms with Crippen molar-refractivity contribution in [3.8, 4) is 0 Å². The fourth-order valence-corrected chi connectivity index (χ4v) is 1.99. The summed E-state index contributed by atoms with van der Waals surface area (Å²) in [5.41, 5.74) is 2.53. The fourth-order valence-electron chi connectivity index (χ4n) is 1.99. The minimum atomic E-state index is -0.957. The number of fused-ring (bicyclic) bond motifs is 1. The third-order valence-corrected chi connectivity index (χ3v) is 2.90. The summed E-state index contributed by atoms with van der Waals surface area (Å²) in [5.74, 6) is -0.957. The van der Waals surface area contributed by atoms with E-state index in [4.69, 9.17) is 5.11 Å². The maximum absolute atomic E-state index is 10.8. The highest BCUT2D eigenvalue weighted by Gasteiger charge is 2.15. The summed E-state index contributed by atoms with van der Waals surface area (Å²) in [6.07, 6.45) is 0.370. The van der Waals surface area contributed by atoms with E-state index >= 15 is 0 Å². The van der Waals surface area contributed by atoms with E-state index in [-0.39, 0.29) is 6.42 Å². The number of aliphatic carboxylic acids is 1. The molecule has 0 saturated carbocycles. The second-order valence-electron chi connectivity index (χ2n) is 4.34. The molecule has 98 valence electrons. The molecule has 0 fully saturated rings. The first kappa shape index (κ1) is 13.0. The molecule has 1 heterocycles. The van der Waals surface area contributed by atoms with Crippen molar-refractivity contribution >= 4 is 23.3 Å². The lowest BCUT2D eigenvalue weighted by molar-refractivity contribution is -0.137. The summed E-state index contributed by atoms with van der Waals surface area (Å²) in [7, 11) is 0. The predicted molar refractivity (Wildman–Crippen MR) is 70.7 cm³/mol. The number of nitrogens with zero attached hydrogens (tertiary/aromatic N) is 1. The van der Waals surface area contributed by atoms with E-state index in [1.807, 2.05) is 31.2 Å². The van der Waals surface area contributed by atoms with Crippen LogP contribution in [0.2, 0.25) is 0 Å². The Morgan fingerprint density at radius 1 is 1.42 bits per heavy atom. The van der Waals surface area contributed by atoms with E-state index in [2.05, 4.69) is 10.3 Å². The molecule has 19 heavy (non-hydrogen) atoms. The molecule has 1 aromatic heterocycles. The van der Waals surface area contributed by atoms with Crippen molar-refractivity contribution in [2.24, 2.45) is 0 Å². The second-order valence-corrected chi connectivity index (χ2v) is 4.34. The molecular weight excluding hydrogens is 244 g/mol. The van der Waals surface area contributed by atoms with Gasteiger partial charge in [-0.25, -0.2) is 0 Å². The molecule has 2 rings (SSSR count). The number of aryl methyl sites for hydroxylation is 1. The van der Waals surface area contributed by atoms with Gasteiger partial charge in [0.15, 0.2) is 0 Å². The minimum absolute atomic E-state index is 0.149. The Labute approximate surface area is 110 Å². The average Bonchev–Trinajstić information content (AvgIpc) is 2.37. The van der Waals surface area contributed by atoms with E-state index in [1.54, 1.807) is 6.07 Å². The molecule has 0 saturated heterocycles. The first-order valence-corrected chi connectivity index (χ1v) is 5.89. The van der Waals surface area contributed by atoms with Gasteiger partial charge in [-0.2, -0.15) is 0 Å². The van der Waals surface area contributed by atoms with Crippen LogP contribution in [-0.2, 0) is 9.59 Å². The number of pyridine rings is 1. The number of amides is 1. The van der Waals surface area contributed by atoms with Crippen LogP contribution in [0.25, 0.3) is 10.9 Å². The van der Waals surface area contributed by atoms with Crippen molar-refractivity contribution in [3.63, 3.8) is 0 Å². The molecule has 2 N–H and O–H groups in total. The second kappa shape index (κ2) is 5.48. The van der Waals surface area contributed by atoms with Gasteiger partial charge in [0.25, 0.3) is 0 Å². The van der Waals surface area contributed by atoms with Crippen LogP contribution >= 0.6 is 0 Å². The van der Waals surface area contributed by atoms with Crippen molar-refractivity contribution in [1.29, 1.82) is 0 Å². The number of rotatable bonds is 5. The molecule has 1 aromatic carbocycles. The molecule has 1 amide bonds. The Bertz CT molecular complexity index is 625. The van der Waals surface area contributed by atoms with Gasteiger partial charge in [0, 0.05) is 11.1 Å². The quantitative estimate of drug-likeness (QED) is 0.801. The Morgan fingerprint density at radius 2 is 2.21 bits per heavy atom. The highest BCUT2D eigenvalue weighted by molar-refractivity contribution is 5.80. The standard InChI is InChI=1S/C14H14N2O3/c1-9-2-3-10-6-11(4-5-12(10)16-9)13(15-8-17)7-14(18)19/h2-6,8,13H,7H2,1H3,(H,15,17)(H,18,19)/t13-/m1/s1. The average molecular weight is 258 g/mol. The van der Waals surface area contributed by atoms with Gasteiger partial charge in [0.05, 0.1) is 18.0 Å². The van der Waals surface area contributed by atoms with Gasteiger partial charge in [-0.3, -0.25) is 14.6 Å². The van der Waals surface area contributed by atoms with Crippen LogP contribution in [0.5, 0.6) is 0 Å². The van der Waals surface area contributed by atoms with E-state index in [0.29, 0.717) is 6.41 Å². The number of carbonyl (C=O) groups is 2. The van der Waals surface area contributed by atoms with E-state index in [9.17, 15) is 9.59 Å². The number of hydrogen-bond acceptors (Lipinski definition) is 3. The topological polar surface area (TPSA) is 79.3 Å². The van der Waals surface area contributed by atoms with E-state index in [0.717, 1.165) is 22.2 Å². The summed E-state index contributed by atoms with van der Waals surface area (Å²) in [6.45, 7) is 1.91. The SMILES string of the molecule is Cc1ccc2cc([C@@H](CC(=O)O)NC=O)ccc2n1. The molecule has 5 heteroatoms. The lowest BCUT2D eigenvalue weighted by Gasteiger charge is -2.14. The van der Waals surface area contributed by atoms with Crippen molar-refractivity contribution in [2.45, 2.75) is 19.4 Å². The fraction of sp³-hybridized carbons (Fsp3) is 0.214. The van der Waals surface area contributed by atoms with E-state index in [1.165, 1.54) is 0 Å². The summed E-state index contributed by atoms with van der Waals surface area (Å²) in [4.78, 5) is 25.7. The summed E-state index contributed by atoms with van der Waals surface area (Å²) >= 11 is 0. The van der Waals surface area contributed by atoms with Crippen LogP contribution < -0.4 is 5.32 Å². The van der Waals surface area contributed by atoms with Crippen molar-refractivity contribution < 1.29 is 14.7 Å². The third kappa shape index (κ3) is 3.07. The molecule has 2 aromatic rings. The maximum atomic E-state index is 10.8. The zero-order chi connectivity index (χ0) is 13.8. The molecule has 0 radical (unpaired) electrons. The summed E-state index contributed by atoms with van der Waals surface area (Å²) < 4.78 is 0. The van der Waals surface area contributed by atoms with Gasteiger partial charge in [-0.1, -0.05) is 12.1 Å². The lowest BCUT2D eigenvalue weighted by atomic mass is 10.0. The monoisotopic (exact) mass is 258 g/mol. The third-order valence-electron chi connectivity index (χ3n) is 2.90. The van der Waals surface area contributed by atoms with Gasteiger partial charge in [-0.15, -0.1) is 0 Å². The molecule has 0 aliphatic heterocycles. The molecule has 0 bridgehead atoms. The number of carbonyl (C=O) groups excluding carboxylic acids is 1. The lowest BCUT2D eigenvalue weighted by Crippen LogP contribution is -2.22. The van der Waals surface area contributed by atoms with Crippen LogP contribution in [0.15, 0.2) is 30.3 Å². The molecular formula is C14H14N2O3. The Hall–Kier alpha value is -2.43. The number of nitrogens with one attached hydrogen (secondary N) is 1. The van der Waals surface area contributed by atoms with Crippen LogP contribution in [0.1, 0.15) is 23.7 Å². The van der Waals surface area contributed by atoms with E-state index < -0.39 is 12.0 Å². The van der Waals surface area contributed by atoms with Crippen LogP contribution in [0.4, 0.5) is 0 Å². The molecule has 0 aliphatic rings. The summed E-state index contributed by atoms with van der Waals surface area (Å²) in [5, 5.41) is 12.3. The van der Waals surface area contributed by atoms with Gasteiger partial charge in [0.1, 0.15) is 0 Å². The van der Waals surface area contributed by atoms with Gasteiger partial charge < -0.3 is 10.4 Å². The summed E-state index contributed by atoms with van der Waals surface area (Å²) in [6, 6.07) is 8.77. The van der Waals surface area contributed by atoms with Crippen molar-refractivity contribution in [2.75, 3.05) is 0 Å². The van der Waals surface area contributed by atoms with Crippen LogP contribution in [0.3, 0.4) is 0 Å².